The molecule has 3 aromatic heterocycles. The Bertz CT molecular complexity index is 909. The highest BCUT2D eigenvalue weighted by Crippen LogP contribution is 2.24. The molecule has 3 heterocycles. The van der Waals surface area contributed by atoms with Crippen LogP contribution in [0.4, 0.5) is 0 Å². The average Bonchev–Trinajstić information content (AvgIpc) is 3.30. The lowest BCUT2D eigenvalue weighted by Crippen LogP contribution is -2.27. The first-order valence-corrected chi connectivity index (χ1v) is 9.81. The minimum absolute atomic E-state index is 0.00851. The van der Waals surface area contributed by atoms with Crippen molar-refractivity contribution < 1.29 is 13.9 Å². The van der Waals surface area contributed by atoms with Crippen LogP contribution in [0.3, 0.4) is 0 Å². The van der Waals surface area contributed by atoms with Gasteiger partial charge in [-0.05, 0) is 31.2 Å². The lowest BCUT2D eigenvalue weighted by molar-refractivity contribution is -0.127. The van der Waals surface area contributed by atoms with Gasteiger partial charge in [0, 0.05) is 32.1 Å². The van der Waals surface area contributed by atoms with Crippen molar-refractivity contribution in [3.8, 4) is 11.4 Å². The van der Waals surface area contributed by atoms with Crippen molar-refractivity contribution in [1.82, 2.24) is 24.6 Å². The van der Waals surface area contributed by atoms with E-state index in [9.17, 15) is 4.79 Å². The van der Waals surface area contributed by atoms with Crippen molar-refractivity contribution in [1.29, 1.82) is 0 Å². The molecule has 9 heteroatoms. The largest absolute Gasteiger partial charge is 0.464 e. The molecule has 0 N–H and O–H groups in total. The van der Waals surface area contributed by atoms with Gasteiger partial charge in [-0.2, -0.15) is 0 Å². The number of methoxy groups -OCH3 is 1. The molecule has 0 radical (unpaired) electrons. The molecule has 0 aliphatic heterocycles. The van der Waals surface area contributed by atoms with E-state index in [0.717, 1.165) is 22.9 Å². The van der Waals surface area contributed by atoms with Crippen molar-refractivity contribution in [2.75, 3.05) is 26.5 Å². The van der Waals surface area contributed by atoms with E-state index in [0.29, 0.717) is 24.9 Å². The van der Waals surface area contributed by atoms with Crippen LogP contribution in [-0.2, 0) is 22.6 Å². The molecule has 0 saturated carbocycles. The molecule has 0 fully saturated rings. The van der Waals surface area contributed by atoms with Crippen LogP contribution in [0.15, 0.2) is 46.2 Å². The number of aromatic nitrogens is 4. The van der Waals surface area contributed by atoms with Gasteiger partial charge in [0.15, 0.2) is 11.0 Å². The van der Waals surface area contributed by atoms with Crippen LogP contribution in [-0.4, -0.2) is 57.1 Å². The summed E-state index contributed by atoms with van der Waals surface area (Å²) in [7, 11) is 3.41. The highest BCUT2D eigenvalue weighted by Gasteiger charge is 2.17. The summed E-state index contributed by atoms with van der Waals surface area (Å²) >= 11 is 1.36. The number of thioether (sulfide) groups is 1. The Labute approximate surface area is 167 Å². The van der Waals surface area contributed by atoms with Gasteiger partial charge in [0.25, 0.3) is 0 Å². The van der Waals surface area contributed by atoms with Crippen LogP contribution in [0.1, 0.15) is 11.5 Å². The van der Waals surface area contributed by atoms with E-state index in [1.54, 1.807) is 31.5 Å². The molecule has 0 saturated heterocycles. The third-order valence-electron chi connectivity index (χ3n) is 4.11. The van der Waals surface area contributed by atoms with Crippen molar-refractivity contribution in [3.63, 3.8) is 0 Å². The van der Waals surface area contributed by atoms with Crippen LogP contribution in [0.25, 0.3) is 11.4 Å². The average molecular weight is 401 g/mol. The fourth-order valence-corrected chi connectivity index (χ4v) is 3.53. The fourth-order valence-electron chi connectivity index (χ4n) is 2.62. The standard InChI is InChI=1S/C19H23N5O3S/c1-14-4-5-16(27-14)12-23(2)17(25)13-28-19-22-21-18(24(19)10-11-26-3)15-6-8-20-9-7-15/h4-9H,10-13H2,1-3H3. The summed E-state index contributed by atoms with van der Waals surface area (Å²) in [6.07, 6.45) is 3.43. The van der Waals surface area contributed by atoms with Gasteiger partial charge in [-0.3, -0.25) is 14.3 Å². The van der Waals surface area contributed by atoms with E-state index >= 15 is 0 Å². The zero-order chi connectivity index (χ0) is 19.9. The molecule has 28 heavy (non-hydrogen) atoms. The maximum atomic E-state index is 12.5. The second kappa shape index (κ2) is 9.52. The Morgan fingerprint density at radius 3 is 2.71 bits per heavy atom. The Morgan fingerprint density at radius 1 is 1.25 bits per heavy atom. The summed E-state index contributed by atoms with van der Waals surface area (Å²) in [5.74, 6) is 2.58. The third-order valence-corrected chi connectivity index (χ3v) is 5.07. The Hall–Kier alpha value is -2.65. The quantitative estimate of drug-likeness (QED) is 0.510. The predicted octanol–water partition coefficient (Wildman–Crippen LogP) is 2.64. The van der Waals surface area contributed by atoms with Gasteiger partial charge < -0.3 is 14.1 Å². The van der Waals surface area contributed by atoms with Gasteiger partial charge in [-0.25, -0.2) is 0 Å². The first-order chi connectivity index (χ1) is 13.6. The number of aryl methyl sites for hydroxylation is 1. The normalized spacial score (nSPS) is 11.0. The van der Waals surface area contributed by atoms with Crippen LogP contribution in [0, 0.1) is 6.92 Å². The second-order valence-electron chi connectivity index (χ2n) is 6.24. The number of hydrogen-bond acceptors (Lipinski definition) is 7. The van der Waals surface area contributed by atoms with E-state index < -0.39 is 0 Å². The number of pyridine rings is 1. The van der Waals surface area contributed by atoms with Gasteiger partial charge in [-0.15, -0.1) is 10.2 Å². The van der Waals surface area contributed by atoms with E-state index in [1.165, 1.54) is 11.8 Å². The molecule has 148 valence electrons. The van der Waals surface area contributed by atoms with E-state index in [1.807, 2.05) is 35.8 Å². The summed E-state index contributed by atoms with van der Waals surface area (Å²) in [4.78, 5) is 18.2. The summed E-state index contributed by atoms with van der Waals surface area (Å²) in [6, 6.07) is 7.54. The molecule has 3 rings (SSSR count). The van der Waals surface area contributed by atoms with Crippen molar-refractivity contribution in [3.05, 3.63) is 48.2 Å². The van der Waals surface area contributed by atoms with Crippen molar-refractivity contribution >= 4 is 17.7 Å². The van der Waals surface area contributed by atoms with Crippen molar-refractivity contribution in [2.24, 2.45) is 0 Å². The lowest BCUT2D eigenvalue weighted by atomic mass is 10.2. The van der Waals surface area contributed by atoms with Gasteiger partial charge in [0.1, 0.15) is 11.5 Å². The number of amides is 1. The summed E-state index contributed by atoms with van der Waals surface area (Å²) < 4.78 is 12.7. The Morgan fingerprint density at radius 2 is 2.04 bits per heavy atom. The predicted molar refractivity (Wildman–Crippen MR) is 106 cm³/mol. The van der Waals surface area contributed by atoms with Crippen LogP contribution >= 0.6 is 11.8 Å². The van der Waals surface area contributed by atoms with Gasteiger partial charge in [0.2, 0.25) is 5.91 Å². The summed E-state index contributed by atoms with van der Waals surface area (Å²) in [5, 5.41) is 9.26. The highest BCUT2D eigenvalue weighted by atomic mass is 32.2. The minimum Gasteiger partial charge on any atom is -0.464 e. The first-order valence-electron chi connectivity index (χ1n) is 8.83. The SMILES string of the molecule is COCCn1c(SCC(=O)N(C)Cc2ccc(C)o2)nnc1-c1ccncc1. The molecule has 1 amide bonds. The number of furan rings is 1. The molecule has 0 aromatic carbocycles. The zero-order valence-corrected chi connectivity index (χ0v) is 17.0. The molecule has 0 unspecified atom stereocenters. The number of ether oxygens (including phenoxy) is 1. The fraction of sp³-hybridized carbons (Fsp3) is 0.368. The van der Waals surface area contributed by atoms with Gasteiger partial charge >= 0.3 is 0 Å². The first kappa shape index (κ1) is 20.1. The van der Waals surface area contributed by atoms with Crippen LogP contribution in [0.2, 0.25) is 0 Å². The number of carbonyl (C=O) groups excluding carboxylic acids is 1. The smallest absolute Gasteiger partial charge is 0.233 e. The van der Waals surface area contributed by atoms with E-state index in [-0.39, 0.29) is 11.7 Å². The number of carbonyl (C=O) groups is 1. The minimum atomic E-state index is -0.00851. The topological polar surface area (TPSA) is 86.3 Å². The second-order valence-corrected chi connectivity index (χ2v) is 7.18. The van der Waals surface area contributed by atoms with Crippen LogP contribution < -0.4 is 0 Å². The molecule has 0 aliphatic rings. The molecule has 0 atom stereocenters. The molecular formula is C19H23N5O3S. The molecule has 0 aliphatic carbocycles. The van der Waals surface area contributed by atoms with Gasteiger partial charge in [0.05, 0.1) is 25.4 Å². The maximum Gasteiger partial charge on any atom is 0.233 e. The van der Waals surface area contributed by atoms with E-state index in [2.05, 4.69) is 15.2 Å². The van der Waals surface area contributed by atoms with Gasteiger partial charge in [-0.1, -0.05) is 11.8 Å². The third kappa shape index (κ3) is 4.99. The molecular weight excluding hydrogens is 378 g/mol. The molecule has 3 aromatic rings. The Kier molecular flexibility index (Phi) is 6.83. The van der Waals surface area contributed by atoms with Crippen molar-refractivity contribution in [2.45, 2.75) is 25.2 Å². The summed E-state index contributed by atoms with van der Waals surface area (Å²) in [6.45, 7) is 3.44. The lowest BCUT2D eigenvalue weighted by Gasteiger charge is -2.15. The van der Waals surface area contributed by atoms with Crippen LogP contribution in [0.5, 0.6) is 0 Å². The monoisotopic (exact) mass is 401 g/mol. The Balaban J connectivity index is 1.67. The summed E-state index contributed by atoms with van der Waals surface area (Å²) in [5.41, 5.74) is 0.919. The zero-order valence-electron chi connectivity index (χ0n) is 16.2. The molecule has 0 bridgehead atoms. The maximum absolute atomic E-state index is 12.5. The molecule has 8 nitrogen and oxygen atoms in total. The molecule has 0 spiro atoms. The number of nitrogens with zero attached hydrogens (tertiary/aromatic N) is 5. The van der Waals surface area contributed by atoms with E-state index in [4.69, 9.17) is 9.15 Å². The highest BCUT2D eigenvalue weighted by molar-refractivity contribution is 7.99. The number of rotatable bonds is 9. The number of hydrogen-bond donors (Lipinski definition) is 0.